The molecule has 1 aromatic rings. The summed E-state index contributed by atoms with van der Waals surface area (Å²) in [4.78, 5) is 24.2. The third-order valence-electron chi connectivity index (χ3n) is 2.97. The maximum Gasteiger partial charge on any atom is 0.338 e. The molecule has 0 bridgehead atoms. The number of carboxylic acids is 1. The molecule has 0 aliphatic carbocycles. The first-order chi connectivity index (χ1) is 8.99. The number of anilines is 1. The van der Waals surface area contributed by atoms with Gasteiger partial charge in [-0.1, -0.05) is 26.7 Å². The molecule has 0 radical (unpaired) electrons. The van der Waals surface area contributed by atoms with E-state index in [4.69, 9.17) is 5.11 Å². The third kappa shape index (κ3) is 4.35. The van der Waals surface area contributed by atoms with E-state index >= 15 is 0 Å². The van der Waals surface area contributed by atoms with Crippen LogP contribution in [0.15, 0.2) is 6.07 Å². The van der Waals surface area contributed by atoms with Gasteiger partial charge in [-0.3, -0.25) is 4.79 Å². The van der Waals surface area contributed by atoms with Gasteiger partial charge < -0.3 is 10.4 Å². The highest BCUT2D eigenvalue weighted by molar-refractivity contribution is 7.16. The highest BCUT2D eigenvalue weighted by Crippen LogP contribution is 2.28. The Hall–Kier alpha value is -1.36. The van der Waals surface area contributed by atoms with Gasteiger partial charge in [0, 0.05) is 10.8 Å². The van der Waals surface area contributed by atoms with Gasteiger partial charge in [0.25, 0.3) is 0 Å². The third-order valence-corrected chi connectivity index (χ3v) is 3.93. The summed E-state index contributed by atoms with van der Waals surface area (Å²) in [7, 11) is 0. The molecule has 0 aliphatic heterocycles. The van der Waals surface area contributed by atoms with Gasteiger partial charge in [-0.2, -0.15) is 0 Å². The Kier molecular flexibility index (Phi) is 6.02. The Morgan fingerprint density at radius 2 is 1.89 bits per heavy atom. The average molecular weight is 283 g/mol. The van der Waals surface area contributed by atoms with E-state index < -0.39 is 5.97 Å². The second-order valence-electron chi connectivity index (χ2n) is 4.67. The van der Waals surface area contributed by atoms with Crippen LogP contribution >= 0.6 is 11.3 Å². The molecule has 1 amide bonds. The first kappa shape index (κ1) is 15.7. The van der Waals surface area contributed by atoms with Crippen molar-refractivity contribution in [3.8, 4) is 0 Å². The van der Waals surface area contributed by atoms with Gasteiger partial charge in [0.1, 0.15) is 5.00 Å². The SMILES string of the molecule is CCCC(CCC)C(=O)Nc1sc(C)cc1C(=O)O. The number of carbonyl (C=O) groups excluding carboxylic acids is 1. The summed E-state index contributed by atoms with van der Waals surface area (Å²) in [6.45, 7) is 5.93. The number of aryl methyl sites for hydroxylation is 1. The highest BCUT2D eigenvalue weighted by atomic mass is 32.1. The Balaban J connectivity index is 2.82. The lowest BCUT2D eigenvalue weighted by molar-refractivity contribution is -0.120. The van der Waals surface area contributed by atoms with E-state index in [1.165, 1.54) is 11.3 Å². The van der Waals surface area contributed by atoms with E-state index in [0.717, 1.165) is 30.6 Å². The van der Waals surface area contributed by atoms with Gasteiger partial charge >= 0.3 is 5.97 Å². The minimum atomic E-state index is -0.998. The number of carbonyl (C=O) groups is 2. The van der Waals surface area contributed by atoms with E-state index in [9.17, 15) is 9.59 Å². The molecule has 106 valence electrons. The molecule has 0 fully saturated rings. The number of aromatic carboxylic acids is 1. The van der Waals surface area contributed by atoms with Crippen molar-refractivity contribution < 1.29 is 14.7 Å². The second kappa shape index (κ2) is 7.28. The maximum absolute atomic E-state index is 12.2. The van der Waals surface area contributed by atoms with Crippen LogP contribution < -0.4 is 5.32 Å². The molecule has 5 heteroatoms. The van der Waals surface area contributed by atoms with Crippen LogP contribution in [0.25, 0.3) is 0 Å². The fourth-order valence-electron chi connectivity index (χ4n) is 2.08. The lowest BCUT2D eigenvalue weighted by Gasteiger charge is -2.14. The first-order valence-electron chi connectivity index (χ1n) is 6.64. The fraction of sp³-hybridized carbons (Fsp3) is 0.571. The van der Waals surface area contributed by atoms with Gasteiger partial charge in [-0.15, -0.1) is 11.3 Å². The summed E-state index contributed by atoms with van der Waals surface area (Å²) in [6.07, 6.45) is 3.58. The summed E-state index contributed by atoms with van der Waals surface area (Å²) < 4.78 is 0. The molecule has 0 atom stereocenters. The summed E-state index contributed by atoms with van der Waals surface area (Å²) >= 11 is 1.31. The summed E-state index contributed by atoms with van der Waals surface area (Å²) in [5.41, 5.74) is 0.183. The average Bonchev–Trinajstić information content (AvgIpc) is 2.70. The van der Waals surface area contributed by atoms with Crippen LogP contribution in [0, 0.1) is 12.8 Å². The van der Waals surface area contributed by atoms with Crippen molar-refractivity contribution in [1.29, 1.82) is 0 Å². The molecule has 1 aromatic heterocycles. The Morgan fingerprint density at radius 3 is 2.37 bits per heavy atom. The van der Waals surface area contributed by atoms with Gasteiger partial charge in [0.05, 0.1) is 5.56 Å². The van der Waals surface area contributed by atoms with Crippen molar-refractivity contribution in [2.45, 2.75) is 46.5 Å². The van der Waals surface area contributed by atoms with E-state index in [1.54, 1.807) is 6.07 Å². The van der Waals surface area contributed by atoms with Crippen LogP contribution in [0.5, 0.6) is 0 Å². The minimum Gasteiger partial charge on any atom is -0.478 e. The number of thiophene rings is 1. The highest BCUT2D eigenvalue weighted by Gasteiger charge is 2.21. The van der Waals surface area contributed by atoms with Gasteiger partial charge in [0.15, 0.2) is 0 Å². The predicted octanol–water partition coefficient (Wildman–Crippen LogP) is 3.91. The Morgan fingerprint density at radius 1 is 1.32 bits per heavy atom. The van der Waals surface area contributed by atoms with Crippen LogP contribution in [0.4, 0.5) is 5.00 Å². The van der Waals surface area contributed by atoms with Crippen LogP contribution in [0.2, 0.25) is 0 Å². The van der Waals surface area contributed by atoms with Crippen molar-refractivity contribution in [1.82, 2.24) is 0 Å². The quantitative estimate of drug-likeness (QED) is 0.797. The standard InChI is InChI=1S/C14H21NO3S/c1-4-6-10(7-5-2)12(16)15-13-11(14(17)18)8-9(3)19-13/h8,10H,4-7H2,1-3H3,(H,15,16)(H,17,18). The molecule has 0 aliphatic rings. The lowest BCUT2D eigenvalue weighted by Crippen LogP contribution is -2.23. The number of hydrogen-bond acceptors (Lipinski definition) is 3. The Labute approximate surface area is 117 Å². The zero-order valence-corrected chi connectivity index (χ0v) is 12.5. The van der Waals surface area contributed by atoms with Crippen molar-refractivity contribution >= 4 is 28.2 Å². The number of rotatable bonds is 7. The monoisotopic (exact) mass is 283 g/mol. The molecule has 0 saturated carbocycles. The normalized spacial score (nSPS) is 10.7. The molecule has 1 rings (SSSR count). The number of amides is 1. The topological polar surface area (TPSA) is 66.4 Å². The lowest BCUT2D eigenvalue weighted by atomic mass is 9.97. The second-order valence-corrected chi connectivity index (χ2v) is 5.92. The van der Waals surface area contributed by atoms with Crippen LogP contribution in [-0.4, -0.2) is 17.0 Å². The van der Waals surface area contributed by atoms with E-state index in [0.29, 0.717) is 5.00 Å². The smallest absolute Gasteiger partial charge is 0.338 e. The molecule has 0 spiro atoms. The summed E-state index contributed by atoms with van der Waals surface area (Å²) in [5.74, 6) is -1.09. The van der Waals surface area contributed by atoms with E-state index in [2.05, 4.69) is 5.32 Å². The zero-order valence-electron chi connectivity index (χ0n) is 11.7. The van der Waals surface area contributed by atoms with Crippen LogP contribution in [0.3, 0.4) is 0 Å². The molecular weight excluding hydrogens is 262 g/mol. The van der Waals surface area contributed by atoms with E-state index in [1.807, 2.05) is 20.8 Å². The molecule has 0 unspecified atom stereocenters. The van der Waals surface area contributed by atoms with Crippen molar-refractivity contribution in [2.75, 3.05) is 5.32 Å². The minimum absolute atomic E-state index is 0.0287. The van der Waals surface area contributed by atoms with Crippen LogP contribution in [0.1, 0.15) is 54.8 Å². The number of nitrogens with one attached hydrogen (secondary N) is 1. The van der Waals surface area contributed by atoms with Crippen molar-refractivity contribution in [2.24, 2.45) is 5.92 Å². The van der Waals surface area contributed by atoms with Gasteiger partial charge in [-0.05, 0) is 25.8 Å². The summed E-state index contributed by atoms with van der Waals surface area (Å²) in [6, 6.07) is 1.59. The zero-order chi connectivity index (χ0) is 14.4. The predicted molar refractivity (Wildman–Crippen MR) is 78.0 cm³/mol. The molecule has 1 heterocycles. The first-order valence-corrected chi connectivity index (χ1v) is 7.45. The largest absolute Gasteiger partial charge is 0.478 e. The maximum atomic E-state index is 12.2. The van der Waals surface area contributed by atoms with Gasteiger partial charge in [-0.25, -0.2) is 4.79 Å². The molecule has 4 nitrogen and oxygen atoms in total. The molecule has 0 aromatic carbocycles. The number of carboxylic acid groups (broad SMARTS) is 1. The molecular formula is C14H21NO3S. The summed E-state index contributed by atoms with van der Waals surface area (Å²) in [5, 5.41) is 12.3. The Bertz CT molecular complexity index is 448. The van der Waals surface area contributed by atoms with Crippen molar-refractivity contribution in [3.63, 3.8) is 0 Å². The molecule has 19 heavy (non-hydrogen) atoms. The number of hydrogen-bond donors (Lipinski definition) is 2. The molecule has 2 N–H and O–H groups in total. The van der Waals surface area contributed by atoms with Crippen LogP contribution in [-0.2, 0) is 4.79 Å². The van der Waals surface area contributed by atoms with Gasteiger partial charge in [0.2, 0.25) is 5.91 Å². The van der Waals surface area contributed by atoms with E-state index in [-0.39, 0.29) is 17.4 Å². The molecule has 0 saturated heterocycles. The van der Waals surface area contributed by atoms with Crippen molar-refractivity contribution in [3.05, 3.63) is 16.5 Å². The fourth-order valence-corrected chi connectivity index (χ4v) is 2.99.